The Labute approximate surface area is 209 Å². The van der Waals surface area contributed by atoms with E-state index in [-0.39, 0.29) is 18.6 Å². The second-order valence-corrected chi connectivity index (χ2v) is 9.27. The number of methoxy groups -OCH3 is 2. The summed E-state index contributed by atoms with van der Waals surface area (Å²) in [6.07, 6.45) is 5.90. The second-order valence-electron chi connectivity index (χ2n) is 8.35. The van der Waals surface area contributed by atoms with Crippen molar-refractivity contribution in [2.75, 3.05) is 20.8 Å². The second kappa shape index (κ2) is 12.7. The Hall–Kier alpha value is -2.64. The zero-order valence-corrected chi connectivity index (χ0v) is 21.4. The van der Waals surface area contributed by atoms with E-state index in [1.54, 1.807) is 37.4 Å². The highest BCUT2D eigenvalue weighted by molar-refractivity contribution is 9.10. The van der Waals surface area contributed by atoms with Crippen LogP contribution in [0, 0.1) is 5.92 Å². The average Bonchev–Trinajstić information content (AvgIpc) is 2.84. The molecule has 1 aliphatic rings. The first kappa shape index (κ1) is 26.0. The molecule has 0 bridgehead atoms. The van der Waals surface area contributed by atoms with Crippen molar-refractivity contribution in [1.82, 2.24) is 0 Å². The van der Waals surface area contributed by atoms with E-state index in [4.69, 9.17) is 18.9 Å². The maximum Gasteiger partial charge on any atom is 0.342 e. The van der Waals surface area contributed by atoms with Crippen molar-refractivity contribution in [3.63, 3.8) is 0 Å². The smallest absolute Gasteiger partial charge is 0.342 e. The van der Waals surface area contributed by atoms with Crippen LogP contribution in [0.4, 0.5) is 0 Å². The fourth-order valence-corrected chi connectivity index (χ4v) is 4.29. The number of rotatable bonds is 6. The third-order valence-corrected chi connectivity index (χ3v) is 6.54. The molecule has 7 heteroatoms. The van der Waals surface area contributed by atoms with Crippen molar-refractivity contribution in [3.8, 4) is 5.75 Å². The van der Waals surface area contributed by atoms with Crippen LogP contribution >= 0.6 is 15.9 Å². The number of hydrogen-bond donors (Lipinski definition) is 0. The summed E-state index contributed by atoms with van der Waals surface area (Å²) < 4.78 is 23.5. The largest absolute Gasteiger partial charge is 0.496 e. The quantitative estimate of drug-likeness (QED) is 0.348. The summed E-state index contributed by atoms with van der Waals surface area (Å²) in [6.45, 7) is 2.24. The molecule has 0 aliphatic carbocycles. The maximum absolute atomic E-state index is 13.3. The molecule has 0 amide bonds. The highest BCUT2D eigenvalue weighted by Gasteiger charge is 2.27. The molecule has 6 nitrogen and oxygen atoms in total. The fourth-order valence-electron chi connectivity index (χ4n) is 4.03. The first-order valence-corrected chi connectivity index (χ1v) is 12.2. The molecule has 182 valence electrons. The Morgan fingerprint density at radius 3 is 2.59 bits per heavy atom. The van der Waals surface area contributed by atoms with Gasteiger partial charge in [0.05, 0.1) is 25.4 Å². The molecule has 1 aliphatic heterocycles. The molecular weight excluding hydrogens is 500 g/mol. The number of carbonyl (C=O) groups excluding carboxylic acids is 2. The van der Waals surface area contributed by atoms with Gasteiger partial charge in [-0.25, -0.2) is 9.59 Å². The predicted molar refractivity (Wildman–Crippen MR) is 133 cm³/mol. The van der Waals surface area contributed by atoms with E-state index in [0.29, 0.717) is 36.1 Å². The molecule has 3 atom stereocenters. The van der Waals surface area contributed by atoms with Crippen LogP contribution in [-0.4, -0.2) is 45.0 Å². The molecule has 3 rings (SSSR count). The average molecular weight is 531 g/mol. The standard InChI is InChI=1S/C27H31BrO6/c1-18-7-4-5-8-19-9-6-10-23(31-2)25(19)27(30)34-22(17-24(18)32-3)15-16-33-26(29)20-11-13-21(28)14-12-20/h4-6,9-14,18,22,24H,7-8,15-17H2,1-3H3/t18-,22-,24+/m1/s1. The van der Waals surface area contributed by atoms with Gasteiger partial charge in [0.2, 0.25) is 0 Å². The number of fused-ring (bicyclic) bond motifs is 1. The monoisotopic (exact) mass is 530 g/mol. The van der Waals surface area contributed by atoms with E-state index >= 15 is 0 Å². The third-order valence-electron chi connectivity index (χ3n) is 6.01. The minimum Gasteiger partial charge on any atom is -0.496 e. The van der Waals surface area contributed by atoms with Gasteiger partial charge in [0.15, 0.2) is 0 Å². The van der Waals surface area contributed by atoms with Gasteiger partial charge in [-0.05, 0) is 54.7 Å². The van der Waals surface area contributed by atoms with E-state index in [0.717, 1.165) is 16.5 Å². The van der Waals surface area contributed by atoms with Crippen molar-refractivity contribution in [2.24, 2.45) is 5.92 Å². The molecule has 2 aromatic rings. The van der Waals surface area contributed by atoms with Crippen molar-refractivity contribution in [2.45, 2.75) is 44.8 Å². The van der Waals surface area contributed by atoms with E-state index in [9.17, 15) is 9.59 Å². The predicted octanol–water partition coefficient (Wildman–Crippen LogP) is 5.77. The number of esters is 2. The number of benzene rings is 2. The summed E-state index contributed by atoms with van der Waals surface area (Å²) in [7, 11) is 3.21. The first-order chi connectivity index (χ1) is 16.4. The Kier molecular flexibility index (Phi) is 9.72. The van der Waals surface area contributed by atoms with Crippen molar-refractivity contribution in [3.05, 3.63) is 75.8 Å². The number of carbonyl (C=O) groups is 2. The van der Waals surface area contributed by atoms with Gasteiger partial charge in [-0.1, -0.05) is 47.1 Å². The highest BCUT2D eigenvalue weighted by atomic mass is 79.9. The molecule has 1 heterocycles. The van der Waals surface area contributed by atoms with E-state index in [2.05, 4.69) is 35.0 Å². The van der Waals surface area contributed by atoms with Crippen molar-refractivity contribution >= 4 is 27.9 Å². The molecule has 0 spiro atoms. The molecule has 0 unspecified atom stereocenters. The molecule has 0 saturated heterocycles. The molecule has 0 radical (unpaired) electrons. The van der Waals surface area contributed by atoms with Gasteiger partial charge in [-0.15, -0.1) is 0 Å². The number of cyclic esters (lactones) is 1. The molecule has 0 N–H and O–H groups in total. The normalized spacial score (nSPS) is 20.9. The Morgan fingerprint density at radius 1 is 1.12 bits per heavy atom. The van der Waals surface area contributed by atoms with Crippen LogP contribution in [0.3, 0.4) is 0 Å². The maximum atomic E-state index is 13.3. The highest BCUT2D eigenvalue weighted by Crippen LogP contribution is 2.28. The first-order valence-electron chi connectivity index (χ1n) is 11.4. The van der Waals surface area contributed by atoms with Crippen LogP contribution in [0.2, 0.25) is 0 Å². The lowest BCUT2D eigenvalue weighted by molar-refractivity contribution is -0.0169. The molecule has 34 heavy (non-hydrogen) atoms. The molecule has 2 aromatic carbocycles. The van der Waals surface area contributed by atoms with Gasteiger partial charge < -0.3 is 18.9 Å². The van der Waals surface area contributed by atoms with Gasteiger partial charge in [0.25, 0.3) is 0 Å². The van der Waals surface area contributed by atoms with Gasteiger partial charge in [0.1, 0.15) is 17.4 Å². The van der Waals surface area contributed by atoms with E-state index in [1.807, 2.05) is 12.1 Å². The molecular formula is C27H31BrO6. The SMILES string of the molecule is COc1cccc2c1C(=O)O[C@H](CCOC(=O)c1ccc(Br)cc1)C[C@H](OC)[C@H](C)CC=CC2. The summed E-state index contributed by atoms with van der Waals surface area (Å²) in [6, 6.07) is 12.5. The topological polar surface area (TPSA) is 71.1 Å². The van der Waals surface area contributed by atoms with Gasteiger partial charge in [-0.3, -0.25) is 0 Å². The summed E-state index contributed by atoms with van der Waals surface area (Å²) in [5, 5.41) is 0. The number of ether oxygens (including phenoxy) is 4. The lowest BCUT2D eigenvalue weighted by Gasteiger charge is -2.27. The lowest BCUT2D eigenvalue weighted by atomic mass is 9.93. The van der Waals surface area contributed by atoms with Crippen molar-refractivity contribution in [1.29, 1.82) is 0 Å². The van der Waals surface area contributed by atoms with Gasteiger partial charge in [0, 0.05) is 24.4 Å². The zero-order valence-electron chi connectivity index (χ0n) is 19.8. The van der Waals surface area contributed by atoms with Crippen LogP contribution < -0.4 is 4.74 Å². The Bertz CT molecular complexity index is 1000. The molecule has 0 saturated carbocycles. The lowest BCUT2D eigenvalue weighted by Crippen LogP contribution is -2.31. The Morgan fingerprint density at radius 2 is 1.88 bits per heavy atom. The summed E-state index contributed by atoms with van der Waals surface area (Å²) >= 11 is 3.35. The summed E-state index contributed by atoms with van der Waals surface area (Å²) in [4.78, 5) is 25.7. The summed E-state index contributed by atoms with van der Waals surface area (Å²) in [5.41, 5.74) is 1.74. The van der Waals surface area contributed by atoms with E-state index in [1.165, 1.54) is 7.11 Å². The van der Waals surface area contributed by atoms with Crippen LogP contribution in [0.5, 0.6) is 5.75 Å². The minimum absolute atomic E-state index is 0.110. The number of hydrogen-bond acceptors (Lipinski definition) is 6. The number of halogens is 1. The Balaban J connectivity index is 1.78. The number of allylic oxidation sites excluding steroid dienone is 2. The molecule has 0 fully saturated rings. The van der Waals surface area contributed by atoms with E-state index < -0.39 is 18.0 Å². The third kappa shape index (κ3) is 6.93. The zero-order chi connectivity index (χ0) is 24.5. The van der Waals surface area contributed by atoms with Crippen molar-refractivity contribution < 1.29 is 28.5 Å². The summed E-state index contributed by atoms with van der Waals surface area (Å²) in [5.74, 6) is -0.157. The minimum atomic E-state index is -0.487. The fraction of sp³-hybridized carbons (Fsp3) is 0.407. The van der Waals surface area contributed by atoms with Gasteiger partial charge >= 0.3 is 11.9 Å². The van der Waals surface area contributed by atoms with Gasteiger partial charge in [-0.2, -0.15) is 0 Å². The van der Waals surface area contributed by atoms with Crippen LogP contribution in [0.15, 0.2) is 59.1 Å². The molecule has 0 aromatic heterocycles. The van der Waals surface area contributed by atoms with Crippen LogP contribution in [0.25, 0.3) is 0 Å². The van der Waals surface area contributed by atoms with Crippen LogP contribution in [-0.2, 0) is 20.6 Å². The van der Waals surface area contributed by atoms with Crippen LogP contribution in [0.1, 0.15) is 52.5 Å².